The van der Waals surface area contributed by atoms with Crippen molar-refractivity contribution in [3.63, 3.8) is 0 Å². The molecule has 2 rings (SSSR count). The Labute approximate surface area is 168 Å². The van der Waals surface area contributed by atoms with E-state index in [1.54, 1.807) is 18.2 Å². The highest BCUT2D eigenvalue weighted by Crippen LogP contribution is 2.62. The summed E-state index contributed by atoms with van der Waals surface area (Å²) in [5.41, 5.74) is 0.436. The average Bonchev–Trinajstić information content (AvgIpc) is 3.24. The molecule has 2 bridgehead atoms. The molecule has 2 aliphatic carbocycles. The van der Waals surface area contributed by atoms with Crippen molar-refractivity contribution < 1.29 is 14.4 Å². The van der Waals surface area contributed by atoms with Crippen molar-refractivity contribution in [3.05, 3.63) is 0 Å². The van der Waals surface area contributed by atoms with Crippen LogP contribution in [0.15, 0.2) is 15.0 Å². The Morgan fingerprint density at radius 1 is 0.679 bits per heavy atom. The molecule has 2 saturated carbocycles. The van der Waals surface area contributed by atoms with Crippen molar-refractivity contribution in [2.45, 2.75) is 77.0 Å². The molecule has 0 N–H and O–H groups in total. The lowest BCUT2D eigenvalue weighted by atomic mass is 9.71. The summed E-state index contributed by atoms with van der Waals surface area (Å²) in [4.78, 5) is 42.0. The summed E-state index contributed by atoms with van der Waals surface area (Å²) in [5, 5.41) is 0. The first kappa shape index (κ1) is 22.4. The zero-order chi connectivity index (χ0) is 20.1. The maximum absolute atomic E-state index is 10.6. The minimum atomic E-state index is 0.436. The van der Waals surface area contributed by atoms with Gasteiger partial charge in [-0.2, -0.15) is 0 Å². The molecule has 0 aromatic heterocycles. The molecular formula is C22H33N3O3. The van der Waals surface area contributed by atoms with Crippen molar-refractivity contribution >= 4 is 18.2 Å². The van der Waals surface area contributed by atoms with Gasteiger partial charge in [0.15, 0.2) is 0 Å². The lowest BCUT2D eigenvalue weighted by molar-refractivity contribution is 0.167. The van der Waals surface area contributed by atoms with Gasteiger partial charge in [0.25, 0.3) is 0 Å². The minimum absolute atomic E-state index is 0.436. The number of unbranched alkanes of at least 4 members (excludes halogenated alkanes) is 5. The molecule has 4 unspecified atom stereocenters. The van der Waals surface area contributed by atoms with E-state index in [9.17, 15) is 14.4 Å². The summed E-state index contributed by atoms with van der Waals surface area (Å²) < 4.78 is 0. The topological polar surface area (TPSA) is 88.3 Å². The van der Waals surface area contributed by atoms with E-state index < -0.39 is 0 Å². The number of isocyanates is 3. The van der Waals surface area contributed by atoms with Crippen LogP contribution >= 0.6 is 0 Å². The number of rotatable bonds is 15. The van der Waals surface area contributed by atoms with Gasteiger partial charge in [-0.1, -0.05) is 32.1 Å². The molecule has 2 fully saturated rings. The summed E-state index contributed by atoms with van der Waals surface area (Å²) >= 11 is 0. The van der Waals surface area contributed by atoms with E-state index in [0.29, 0.717) is 42.8 Å². The molecule has 0 aliphatic heterocycles. The van der Waals surface area contributed by atoms with Crippen LogP contribution in [0.25, 0.3) is 0 Å². The third-order valence-electron chi connectivity index (χ3n) is 6.86. The van der Waals surface area contributed by atoms with Gasteiger partial charge in [-0.15, -0.1) is 0 Å². The van der Waals surface area contributed by atoms with Crippen molar-refractivity contribution in [1.82, 2.24) is 0 Å². The van der Waals surface area contributed by atoms with E-state index in [4.69, 9.17) is 0 Å². The van der Waals surface area contributed by atoms with E-state index in [1.807, 2.05) is 0 Å². The van der Waals surface area contributed by atoms with E-state index >= 15 is 0 Å². The number of aliphatic imine (C=N–C) groups is 3. The Hall–Kier alpha value is -1.86. The first-order valence-corrected chi connectivity index (χ1v) is 10.9. The van der Waals surface area contributed by atoms with Gasteiger partial charge in [0.2, 0.25) is 18.2 Å². The molecule has 0 heterocycles. The Bertz CT molecular complexity index is 619. The number of nitrogens with zero attached hydrogens (tertiary/aromatic N) is 3. The molecule has 0 amide bonds. The monoisotopic (exact) mass is 387 g/mol. The molecule has 0 radical (unpaired) electrons. The third kappa shape index (κ3) is 6.95. The van der Waals surface area contributed by atoms with Gasteiger partial charge >= 0.3 is 0 Å². The molecular weight excluding hydrogens is 354 g/mol. The van der Waals surface area contributed by atoms with Gasteiger partial charge in [-0.3, -0.25) is 0 Å². The van der Waals surface area contributed by atoms with Gasteiger partial charge in [-0.05, 0) is 68.1 Å². The average molecular weight is 388 g/mol. The highest BCUT2D eigenvalue weighted by molar-refractivity contribution is 5.33. The molecule has 0 aromatic rings. The van der Waals surface area contributed by atoms with Crippen LogP contribution in [0.3, 0.4) is 0 Å². The highest BCUT2D eigenvalue weighted by atomic mass is 16.1. The second-order valence-electron chi connectivity index (χ2n) is 8.69. The second-order valence-corrected chi connectivity index (χ2v) is 8.69. The largest absolute Gasteiger partial charge is 0.234 e. The van der Waals surface area contributed by atoms with Crippen molar-refractivity contribution in [3.8, 4) is 0 Å². The zero-order valence-electron chi connectivity index (χ0n) is 16.9. The van der Waals surface area contributed by atoms with Crippen LogP contribution < -0.4 is 0 Å². The predicted octanol–water partition coefficient (Wildman–Crippen LogP) is 4.54. The Kier molecular flexibility index (Phi) is 10.1. The molecule has 28 heavy (non-hydrogen) atoms. The SMILES string of the molecule is O=C=NCCCCCCCCC12CC(CCCN=C=O)C(C1)C(CN=C=O)C2. The van der Waals surface area contributed by atoms with Crippen LogP contribution in [0.5, 0.6) is 0 Å². The fraction of sp³-hybridized carbons (Fsp3) is 0.864. The highest BCUT2D eigenvalue weighted by Gasteiger charge is 2.54. The normalized spacial score (nSPS) is 27.6. The first-order chi connectivity index (χ1) is 13.7. The van der Waals surface area contributed by atoms with Crippen LogP contribution in [0.4, 0.5) is 0 Å². The first-order valence-electron chi connectivity index (χ1n) is 10.9. The molecule has 6 heteroatoms. The summed E-state index contributed by atoms with van der Waals surface area (Å²) in [6.45, 7) is 1.81. The standard InChI is InChI=1S/C22H33N3O3/c26-16-23-10-6-4-2-1-3-5-9-22-12-19(8-7-11-24-17-27)21(14-22)20(13-22)15-25-18-28/h19-21H,1-15H2. The predicted molar refractivity (Wildman–Crippen MR) is 107 cm³/mol. The number of hydrogen-bond donors (Lipinski definition) is 0. The number of fused-ring (bicyclic) bond motifs is 2. The van der Waals surface area contributed by atoms with Gasteiger partial charge in [0, 0.05) is 0 Å². The van der Waals surface area contributed by atoms with Crippen LogP contribution in [-0.2, 0) is 14.4 Å². The lowest BCUT2D eigenvalue weighted by Crippen LogP contribution is -2.26. The fourth-order valence-corrected chi connectivity index (χ4v) is 5.78. The van der Waals surface area contributed by atoms with Crippen LogP contribution in [0.1, 0.15) is 77.0 Å². The smallest absolute Gasteiger partial charge is 0.211 e. The van der Waals surface area contributed by atoms with E-state index in [2.05, 4.69) is 15.0 Å². The molecule has 0 saturated heterocycles. The van der Waals surface area contributed by atoms with Gasteiger partial charge < -0.3 is 0 Å². The van der Waals surface area contributed by atoms with Gasteiger partial charge in [-0.25, -0.2) is 29.4 Å². The zero-order valence-corrected chi connectivity index (χ0v) is 16.9. The summed E-state index contributed by atoms with van der Waals surface area (Å²) in [6.07, 6.45) is 19.1. The summed E-state index contributed by atoms with van der Waals surface area (Å²) in [7, 11) is 0. The fourth-order valence-electron chi connectivity index (χ4n) is 5.78. The van der Waals surface area contributed by atoms with Crippen molar-refractivity contribution in [2.24, 2.45) is 38.1 Å². The maximum Gasteiger partial charge on any atom is 0.234 e. The molecule has 154 valence electrons. The molecule has 4 atom stereocenters. The van der Waals surface area contributed by atoms with Gasteiger partial charge in [0.05, 0.1) is 19.6 Å². The van der Waals surface area contributed by atoms with Crippen LogP contribution in [0, 0.1) is 23.2 Å². The molecule has 6 nitrogen and oxygen atoms in total. The number of hydrogen-bond acceptors (Lipinski definition) is 6. The molecule has 2 aliphatic rings. The quantitative estimate of drug-likeness (QED) is 0.235. The van der Waals surface area contributed by atoms with E-state index in [-0.39, 0.29) is 0 Å². The summed E-state index contributed by atoms with van der Waals surface area (Å²) in [5.74, 6) is 1.87. The molecule has 0 spiro atoms. The minimum Gasteiger partial charge on any atom is -0.211 e. The lowest BCUT2D eigenvalue weighted by Gasteiger charge is -2.34. The van der Waals surface area contributed by atoms with Gasteiger partial charge in [0.1, 0.15) is 0 Å². The van der Waals surface area contributed by atoms with E-state index in [1.165, 1.54) is 51.4 Å². The Balaban J connectivity index is 1.74. The number of carbonyl (C=O) groups excluding carboxylic acids is 3. The second kappa shape index (κ2) is 12.6. The van der Waals surface area contributed by atoms with Crippen LogP contribution in [-0.4, -0.2) is 37.9 Å². The van der Waals surface area contributed by atoms with Crippen molar-refractivity contribution in [2.75, 3.05) is 19.6 Å². The Morgan fingerprint density at radius 3 is 2.00 bits per heavy atom. The van der Waals surface area contributed by atoms with Crippen molar-refractivity contribution in [1.29, 1.82) is 0 Å². The third-order valence-corrected chi connectivity index (χ3v) is 6.86. The van der Waals surface area contributed by atoms with Crippen LogP contribution in [0.2, 0.25) is 0 Å². The Morgan fingerprint density at radius 2 is 1.29 bits per heavy atom. The summed E-state index contributed by atoms with van der Waals surface area (Å²) in [6, 6.07) is 0. The molecule has 0 aromatic carbocycles. The maximum atomic E-state index is 10.6. The van der Waals surface area contributed by atoms with E-state index in [0.717, 1.165) is 25.7 Å².